The van der Waals surface area contributed by atoms with Crippen molar-refractivity contribution >= 4 is 23.5 Å². The minimum Gasteiger partial charge on any atom is -0.335 e. The lowest BCUT2D eigenvalue weighted by Crippen LogP contribution is -2.25. The van der Waals surface area contributed by atoms with Gasteiger partial charge < -0.3 is 4.57 Å². The van der Waals surface area contributed by atoms with Gasteiger partial charge in [0.2, 0.25) is 0 Å². The lowest BCUT2D eigenvalue weighted by molar-refractivity contribution is 0.591. The molecule has 22 heavy (non-hydrogen) atoms. The van der Waals surface area contributed by atoms with Crippen LogP contribution in [-0.2, 0) is 13.0 Å². The Morgan fingerprint density at radius 1 is 1.36 bits per heavy atom. The van der Waals surface area contributed by atoms with Crippen LogP contribution in [0.15, 0.2) is 36.9 Å². The molecule has 0 N–H and O–H groups in total. The molecule has 0 amide bonds. The van der Waals surface area contributed by atoms with Crippen LogP contribution >= 0.6 is 23.5 Å². The van der Waals surface area contributed by atoms with Crippen molar-refractivity contribution in [3.8, 4) is 0 Å². The van der Waals surface area contributed by atoms with E-state index < -0.39 is 0 Å². The zero-order chi connectivity index (χ0) is 15.6. The normalized spacial score (nSPS) is 24.8. The van der Waals surface area contributed by atoms with Gasteiger partial charge in [-0.2, -0.15) is 0 Å². The molecule has 2 aromatic rings. The maximum absolute atomic E-state index is 4.20. The Labute approximate surface area is 142 Å². The maximum Gasteiger partial charge on any atom is 0.0946 e. The Bertz CT molecular complexity index is 624. The van der Waals surface area contributed by atoms with Crippen LogP contribution in [0.2, 0.25) is 0 Å². The van der Waals surface area contributed by atoms with E-state index in [0.717, 1.165) is 18.2 Å². The number of rotatable bonds is 5. The second kappa shape index (κ2) is 6.71. The summed E-state index contributed by atoms with van der Waals surface area (Å²) in [6.45, 7) is 7.81. The van der Waals surface area contributed by atoms with Crippen molar-refractivity contribution in [3.63, 3.8) is 0 Å². The van der Waals surface area contributed by atoms with E-state index in [1.54, 1.807) is 0 Å². The third-order valence-corrected chi connectivity index (χ3v) is 7.96. The molecule has 1 aliphatic heterocycles. The van der Waals surface area contributed by atoms with Crippen LogP contribution in [0.25, 0.3) is 0 Å². The smallest absolute Gasteiger partial charge is 0.0946 e. The van der Waals surface area contributed by atoms with E-state index in [9.17, 15) is 0 Å². The summed E-state index contributed by atoms with van der Waals surface area (Å²) in [7, 11) is 0. The molecule has 3 rings (SSSR count). The predicted molar refractivity (Wildman–Crippen MR) is 98.7 cm³/mol. The molecule has 118 valence electrons. The topological polar surface area (TPSA) is 17.8 Å². The van der Waals surface area contributed by atoms with Crippen molar-refractivity contribution in [2.75, 3.05) is 5.75 Å². The molecule has 2 atom stereocenters. The van der Waals surface area contributed by atoms with Crippen molar-refractivity contribution < 1.29 is 0 Å². The number of hydrogen-bond acceptors (Lipinski definition) is 3. The Morgan fingerprint density at radius 2 is 2.23 bits per heavy atom. The number of hydrogen-bond donors (Lipinski definition) is 0. The highest BCUT2D eigenvalue weighted by molar-refractivity contribution is 8.21. The predicted octanol–water partition coefficient (Wildman–Crippen LogP) is 4.70. The number of aryl methyl sites for hydroxylation is 3. The van der Waals surface area contributed by atoms with Crippen LogP contribution in [0.3, 0.4) is 0 Å². The summed E-state index contributed by atoms with van der Waals surface area (Å²) < 4.78 is 2.53. The lowest BCUT2D eigenvalue weighted by atomic mass is 10.0. The fourth-order valence-corrected chi connectivity index (χ4v) is 6.75. The van der Waals surface area contributed by atoms with Gasteiger partial charge in [-0.3, -0.25) is 0 Å². The van der Waals surface area contributed by atoms with Crippen LogP contribution in [0.1, 0.15) is 30.0 Å². The van der Waals surface area contributed by atoms with Gasteiger partial charge in [-0.25, -0.2) is 4.98 Å². The van der Waals surface area contributed by atoms with Gasteiger partial charge in [0.15, 0.2) is 0 Å². The van der Waals surface area contributed by atoms with Crippen molar-refractivity contribution in [2.24, 2.45) is 0 Å². The van der Waals surface area contributed by atoms with Crippen LogP contribution < -0.4 is 0 Å². The molecule has 2 unspecified atom stereocenters. The number of thioether (sulfide) groups is 2. The van der Waals surface area contributed by atoms with E-state index in [0.29, 0.717) is 0 Å². The Kier molecular flexibility index (Phi) is 4.88. The monoisotopic (exact) mass is 332 g/mol. The first kappa shape index (κ1) is 16.0. The number of benzene rings is 1. The van der Waals surface area contributed by atoms with Crippen molar-refractivity contribution in [1.82, 2.24) is 9.55 Å². The first-order valence-electron chi connectivity index (χ1n) is 7.90. The van der Waals surface area contributed by atoms with E-state index in [-0.39, 0.29) is 4.08 Å². The van der Waals surface area contributed by atoms with Crippen molar-refractivity contribution in [2.45, 2.75) is 49.5 Å². The molecular formula is C18H24N2S2. The molecule has 1 aromatic carbocycles. The summed E-state index contributed by atoms with van der Waals surface area (Å²) in [6, 6.07) is 6.85. The third-order valence-electron chi connectivity index (χ3n) is 4.25. The Hall–Kier alpha value is -0.870. The maximum atomic E-state index is 4.20. The highest BCUT2D eigenvalue weighted by atomic mass is 32.2. The average molecular weight is 333 g/mol. The minimum atomic E-state index is 0.289. The van der Waals surface area contributed by atoms with Gasteiger partial charge in [-0.1, -0.05) is 30.7 Å². The molecule has 0 aliphatic carbocycles. The standard InChI is InChI=1S/C18H24N2S2/c1-14-4-5-17(15(2)10-14)6-7-18(21-11-16(3)22-18)12-20-9-8-19-13-20/h4-5,8-10,13,16H,6-7,11-12H2,1-3H3. The molecular weight excluding hydrogens is 308 g/mol. The highest BCUT2D eigenvalue weighted by Gasteiger charge is 2.39. The summed E-state index contributed by atoms with van der Waals surface area (Å²) in [5, 5.41) is 0.743. The number of nitrogens with zero attached hydrogens (tertiary/aromatic N) is 2. The number of aromatic nitrogens is 2. The zero-order valence-electron chi connectivity index (χ0n) is 13.6. The number of imidazole rings is 1. The van der Waals surface area contributed by atoms with Gasteiger partial charge in [0.1, 0.15) is 0 Å². The van der Waals surface area contributed by atoms with Gasteiger partial charge in [0, 0.05) is 29.9 Å². The van der Waals surface area contributed by atoms with E-state index in [4.69, 9.17) is 0 Å². The molecule has 1 saturated heterocycles. The van der Waals surface area contributed by atoms with Crippen molar-refractivity contribution in [1.29, 1.82) is 0 Å². The second-order valence-corrected chi connectivity index (χ2v) is 9.80. The van der Waals surface area contributed by atoms with Crippen LogP contribution in [0, 0.1) is 13.8 Å². The largest absolute Gasteiger partial charge is 0.335 e. The SMILES string of the molecule is Cc1ccc(CCC2(Cn3ccnc3)SCC(C)S2)c(C)c1. The molecule has 0 saturated carbocycles. The molecule has 1 fully saturated rings. The molecule has 1 aliphatic rings. The first-order valence-corrected chi connectivity index (χ1v) is 9.76. The highest BCUT2D eigenvalue weighted by Crippen LogP contribution is 2.51. The second-order valence-electron chi connectivity index (χ2n) is 6.32. The van der Waals surface area contributed by atoms with E-state index in [1.807, 2.05) is 12.5 Å². The van der Waals surface area contributed by atoms with Gasteiger partial charge in [-0.05, 0) is 37.8 Å². The summed E-state index contributed by atoms with van der Waals surface area (Å²) in [5.41, 5.74) is 4.28. The molecule has 1 aromatic heterocycles. The van der Waals surface area contributed by atoms with Crippen LogP contribution in [-0.4, -0.2) is 24.6 Å². The average Bonchev–Trinajstić information content (AvgIpc) is 3.09. The first-order chi connectivity index (χ1) is 10.6. The van der Waals surface area contributed by atoms with E-state index in [1.165, 1.54) is 28.9 Å². The minimum absolute atomic E-state index is 0.289. The fourth-order valence-electron chi connectivity index (χ4n) is 3.11. The third kappa shape index (κ3) is 3.72. The van der Waals surface area contributed by atoms with E-state index >= 15 is 0 Å². The molecule has 4 heteroatoms. The van der Waals surface area contributed by atoms with Gasteiger partial charge in [0.25, 0.3) is 0 Å². The van der Waals surface area contributed by atoms with Gasteiger partial charge >= 0.3 is 0 Å². The quantitative estimate of drug-likeness (QED) is 0.790. The molecule has 2 nitrogen and oxygen atoms in total. The lowest BCUT2D eigenvalue weighted by Gasteiger charge is -2.28. The van der Waals surface area contributed by atoms with Crippen LogP contribution in [0.5, 0.6) is 0 Å². The summed E-state index contributed by atoms with van der Waals surface area (Å²) >= 11 is 4.29. The summed E-state index contributed by atoms with van der Waals surface area (Å²) in [4.78, 5) is 4.20. The Morgan fingerprint density at radius 3 is 2.86 bits per heavy atom. The van der Waals surface area contributed by atoms with E-state index in [2.05, 4.69) is 78.2 Å². The van der Waals surface area contributed by atoms with Crippen LogP contribution in [0.4, 0.5) is 0 Å². The molecule has 0 spiro atoms. The zero-order valence-corrected chi connectivity index (χ0v) is 15.2. The Balaban J connectivity index is 1.73. The van der Waals surface area contributed by atoms with Gasteiger partial charge in [-0.15, -0.1) is 23.5 Å². The summed E-state index contributed by atoms with van der Waals surface area (Å²) in [6.07, 6.45) is 8.29. The molecule has 0 radical (unpaired) electrons. The van der Waals surface area contributed by atoms with Gasteiger partial charge in [0.05, 0.1) is 10.4 Å². The molecule has 2 heterocycles. The fraction of sp³-hybridized carbons (Fsp3) is 0.500. The molecule has 0 bridgehead atoms. The summed E-state index contributed by atoms with van der Waals surface area (Å²) in [5.74, 6) is 1.26. The van der Waals surface area contributed by atoms with Crippen molar-refractivity contribution in [3.05, 3.63) is 53.6 Å².